The van der Waals surface area contributed by atoms with Crippen LogP contribution in [0.15, 0.2) is 134 Å². The molecule has 0 aliphatic rings. The van der Waals surface area contributed by atoms with Gasteiger partial charge in [-0.25, -0.2) is 0 Å². The van der Waals surface area contributed by atoms with Crippen molar-refractivity contribution >= 4 is 60.3 Å². The summed E-state index contributed by atoms with van der Waals surface area (Å²) in [5, 5.41) is 8.73. The van der Waals surface area contributed by atoms with Gasteiger partial charge in [-0.1, -0.05) is 54.6 Å². The van der Waals surface area contributed by atoms with Crippen molar-refractivity contribution in [3.05, 3.63) is 134 Å². The van der Waals surface area contributed by atoms with Crippen molar-refractivity contribution in [2.45, 2.75) is 0 Å². The fourth-order valence-corrected chi connectivity index (χ4v) is 5.89. The monoisotopic (exact) mass is 498 g/mol. The Balaban J connectivity index is 1.30. The van der Waals surface area contributed by atoms with Gasteiger partial charge in [0.15, 0.2) is 0 Å². The summed E-state index contributed by atoms with van der Waals surface area (Å²) in [6.45, 7) is 0. The molecule has 0 unspecified atom stereocenters. The lowest BCUT2D eigenvalue weighted by Gasteiger charge is -2.25. The van der Waals surface area contributed by atoms with Crippen LogP contribution >= 0.6 is 0 Å². The molecule has 0 aliphatic heterocycles. The normalized spacial score (nSPS) is 11.6. The van der Waals surface area contributed by atoms with Crippen molar-refractivity contribution in [3.63, 3.8) is 0 Å². The second kappa shape index (κ2) is 8.61. The number of pyridine rings is 3. The molecular formula is C35H22N4. The molecular weight excluding hydrogens is 476 g/mol. The van der Waals surface area contributed by atoms with Crippen LogP contribution < -0.4 is 4.90 Å². The maximum Gasteiger partial charge on any atom is 0.0780 e. The molecule has 4 nitrogen and oxygen atoms in total. The number of nitrogens with zero attached hydrogens (tertiary/aromatic N) is 4. The van der Waals surface area contributed by atoms with E-state index >= 15 is 0 Å². The van der Waals surface area contributed by atoms with E-state index in [0.29, 0.717) is 0 Å². The minimum atomic E-state index is 1.05. The van der Waals surface area contributed by atoms with Crippen molar-refractivity contribution in [2.75, 3.05) is 4.90 Å². The molecule has 0 aliphatic carbocycles. The van der Waals surface area contributed by atoms with Gasteiger partial charge in [0, 0.05) is 58.8 Å². The quantitative estimate of drug-likeness (QED) is 0.179. The summed E-state index contributed by atoms with van der Waals surface area (Å²) in [5.41, 5.74) is 6.64. The highest BCUT2D eigenvalue weighted by atomic mass is 15.1. The van der Waals surface area contributed by atoms with Crippen molar-refractivity contribution in [3.8, 4) is 11.1 Å². The minimum absolute atomic E-state index is 1.05. The summed E-state index contributed by atoms with van der Waals surface area (Å²) in [6, 6.07) is 36.8. The van der Waals surface area contributed by atoms with Crippen molar-refractivity contribution in [1.29, 1.82) is 0 Å². The molecule has 0 fully saturated rings. The molecule has 0 atom stereocenters. The first-order chi connectivity index (χ1) is 19.3. The summed E-state index contributed by atoms with van der Waals surface area (Å²) in [7, 11) is 0. The van der Waals surface area contributed by atoms with E-state index in [9.17, 15) is 0 Å². The summed E-state index contributed by atoms with van der Waals surface area (Å²) in [4.78, 5) is 15.4. The van der Waals surface area contributed by atoms with Gasteiger partial charge in [0.1, 0.15) is 0 Å². The predicted octanol–water partition coefficient (Wildman–Crippen LogP) is 9.06. The summed E-state index contributed by atoms with van der Waals surface area (Å²) in [5.74, 6) is 0. The van der Waals surface area contributed by atoms with Crippen LogP contribution in [0.2, 0.25) is 0 Å². The molecule has 182 valence electrons. The molecule has 8 aromatic rings. The molecule has 0 saturated heterocycles. The van der Waals surface area contributed by atoms with Gasteiger partial charge in [0.2, 0.25) is 0 Å². The molecule has 8 rings (SSSR count). The number of fused-ring (bicyclic) bond motifs is 2. The third-order valence-electron chi connectivity index (χ3n) is 7.63. The third-order valence-corrected chi connectivity index (χ3v) is 7.63. The second-order valence-corrected chi connectivity index (χ2v) is 9.78. The Kier molecular flexibility index (Phi) is 4.79. The fraction of sp³-hybridized carbons (Fsp3) is 0. The van der Waals surface area contributed by atoms with Crippen LogP contribution in [-0.4, -0.2) is 15.0 Å². The van der Waals surface area contributed by atoms with Gasteiger partial charge in [0.25, 0.3) is 0 Å². The van der Waals surface area contributed by atoms with Gasteiger partial charge < -0.3 is 4.90 Å². The van der Waals surface area contributed by atoms with E-state index in [1.807, 2.05) is 61.3 Å². The Morgan fingerprint density at radius 1 is 0.462 bits per heavy atom. The zero-order valence-corrected chi connectivity index (χ0v) is 21.0. The Labute approximate surface area is 225 Å². The Bertz CT molecular complexity index is 2060. The first-order valence-corrected chi connectivity index (χ1v) is 13.0. The number of aromatic nitrogens is 3. The molecule has 5 aromatic carbocycles. The third kappa shape index (κ3) is 3.42. The standard InChI is InChI=1S/C35H22N4/c1-2-26-22-25-7-11-31-30(10-5-24-6-12-32(34(25)33(24)31)35(26)38-17-1)23-3-8-27(9-4-23)39(28-13-18-36-19-14-28)29-15-20-37-21-16-29/h1-22H. The van der Waals surface area contributed by atoms with Crippen molar-refractivity contribution in [2.24, 2.45) is 0 Å². The Morgan fingerprint density at radius 2 is 1.08 bits per heavy atom. The first-order valence-electron chi connectivity index (χ1n) is 13.0. The maximum absolute atomic E-state index is 4.73. The van der Waals surface area contributed by atoms with E-state index in [2.05, 4.69) is 87.7 Å². The summed E-state index contributed by atoms with van der Waals surface area (Å²) < 4.78 is 0. The van der Waals surface area contributed by atoms with Crippen LogP contribution in [0, 0.1) is 0 Å². The minimum Gasteiger partial charge on any atom is -0.310 e. The van der Waals surface area contributed by atoms with Crippen LogP contribution in [0.1, 0.15) is 0 Å². The van der Waals surface area contributed by atoms with E-state index in [1.54, 1.807) is 0 Å². The van der Waals surface area contributed by atoms with Gasteiger partial charge in [0.05, 0.1) is 5.52 Å². The van der Waals surface area contributed by atoms with Gasteiger partial charge in [-0.3, -0.25) is 15.0 Å². The van der Waals surface area contributed by atoms with Gasteiger partial charge in [-0.2, -0.15) is 0 Å². The van der Waals surface area contributed by atoms with E-state index in [-0.39, 0.29) is 0 Å². The largest absolute Gasteiger partial charge is 0.310 e. The number of anilines is 3. The number of benzene rings is 5. The fourth-order valence-electron chi connectivity index (χ4n) is 5.89. The zero-order chi connectivity index (χ0) is 25.8. The molecule has 0 N–H and O–H groups in total. The van der Waals surface area contributed by atoms with Crippen LogP contribution in [0.25, 0.3) is 54.3 Å². The molecule has 0 amide bonds. The summed E-state index contributed by atoms with van der Waals surface area (Å²) in [6.07, 6.45) is 9.17. The molecule has 3 heterocycles. The Hall–Kier alpha value is -5.35. The maximum atomic E-state index is 4.73. The number of hydrogen-bond acceptors (Lipinski definition) is 4. The molecule has 0 spiro atoms. The lowest BCUT2D eigenvalue weighted by molar-refractivity contribution is 1.22. The number of hydrogen-bond donors (Lipinski definition) is 0. The molecule has 39 heavy (non-hydrogen) atoms. The van der Waals surface area contributed by atoms with Crippen LogP contribution in [-0.2, 0) is 0 Å². The smallest absolute Gasteiger partial charge is 0.0780 e. The van der Waals surface area contributed by atoms with Gasteiger partial charge >= 0.3 is 0 Å². The average Bonchev–Trinajstić information content (AvgIpc) is 3.01. The highest BCUT2D eigenvalue weighted by molar-refractivity contribution is 6.29. The first kappa shape index (κ1) is 21.7. The molecule has 0 saturated carbocycles. The molecule has 0 bridgehead atoms. The highest BCUT2D eigenvalue weighted by Gasteiger charge is 2.16. The lowest BCUT2D eigenvalue weighted by Crippen LogP contribution is -2.09. The molecule has 4 heteroatoms. The topological polar surface area (TPSA) is 41.9 Å². The Morgan fingerprint density at radius 3 is 1.82 bits per heavy atom. The van der Waals surface area contributed by atoms with Crippen molar-refractivity contribution in [1.82, 2.24) is 15.0 Å². The van der Waals surface area contributed by atoms with E-state index in [1.165, 1.54) is 48.8 Å². The zero-order valence-electron chi connectivity index (χ0n) is 21.0. The highest BCUT2D eigenvalue weighted by Crippen LogP contribution is 2.42. The average molecular weight is 499 g/mol. The van der Waals surface area contributed by atoms with E-state index in [0.717, 1.165) is 22.6 Å². The second-order valence-electron chi connectivity index (χ2n) is 9.78. The van der Waals surface area contributed by atoms with Gasteiger partial charge in [-0.15, -0.1) is 0 Å². The predicted molar refractivity (Wildman–Crippen MR) is 161 cm³/mol. The lowest BCUT2D eigenvalue weighted by atomic mass is 9.89. The SMILES string of the molecule is c1cnc2c(c1)cc1ccc3c(-c4ccc(N(c5ccncc5)c5ccncc5)cc4)ccc4ccc2c1c43. The van der Waals surface area contributed by atoms with Crippen LogP contribution in [0.4, 0.5) is 17.1 Å². The van der Waals surface area contributed by atoms with Crippen LogP contribution in [0.3, 0.4) is 0 Å². The summed E-state index contributed by atoms with van der Waals surface area (Å²) >= 11 is 0. The molecule has 0 radical (unpaired) electrons. The van der Waals surface area contributed by atoms with E-state index in [4.69, 9.17) is 4.98 Å². The number of rotatable bonds is 4. The molecule has 3 aromatic heterocycles. The van der Waals surface area contributed by atoms with Crippen LogP contribution in [0.5, 0.6) is 0 Å². The van der Waals surface area contributed by atoms with E-state index < -0.39 is 0 Å². The van der Waals surface area contributed by atoms with Gasteiger partial charge in [-0.05, 0) is 86.6 Å². The van der Waals surface area contributed by atoms with Crippen molar-refractivity contribution < 1.29 is 0 Å².